The van der Waals surface area contributed by atoms with Crippen molar-refractivity contribution >= 4 is 27.5 Å². The number of rotatable bonds is 2. The zero-order chi connectivity index (χ0) is 13.1. The van der Waals surface area contributed by atoms with Crippen LogP contribution in [0, 0.1) is 12.8 Å². The predicted molar refractivity (Wildman–Crippen MR) is 77.7 cm³/mol. The first kappa shape index (κ1) is 13.6. The van der Waals surface area contributed by atoms with Gasteiger partial charge in [0, 0.05) is 10.2 Å². The van der Waals surface area contributed by atoms with Gasteiger partial charge in [-0.1, -0.05) is 22.9 Å². The van der Waals surface area contributed by atoms with Gasteiger partial charge in [0.25, 0.3) is 0 Å². The molecule has 1 aliphatic rings. The van der Waals surface area contributed by atoms with E-state index in [-0.39, 0.29) is 11.9 Å². The van der Waals surface area contributed by atoms with Gasteiger partial charge >= 0.3 is 0 Å². The zero-order valence-electron chi connectivity index (χ0n) is 10.8. The summed E-state index contributed by atoms with van der Waals surface area (Å²) in [5.41, 5.74) is 1.98. The van der Waals surface area contributed by atoms with E-state index in [4.69, 9.17) is 0 Å². The Labute approximate surface area is 116 Å². The number of benzene rings is 1. The molecule has 1 aliphatic heterocycles. The number of amides is 1. The van der Waals surface area contributed by atoms with Crippen LogP contribution >= 0.6 is 15.9 Å². The van der Waals surface area contributed by atoms with Crippen molar-refractivity contribution in [2.45, 2.75) is 32.7 Å². The molecule has 2 rings (SSSR count). The molecule has 0 bridgehead atoms. The molecule has 0 saturated carbocycles. The highest BCUT2D eigenvalue weighted by molar-refractivity contribution is 9.10. The monoisotopic (exact) mass is 310 g/mol. The summed E-state index contributed by atoms with van der Waals surface area (Å²) >= 11 is 3.46. The van der Waals surface area contributed by atoms with Crippen LogP contribution in [0.5, 0.6) is 0 Å². The van der Waals surface area contributed by atoms with Crippen LogP contribution in [-0.4, -0.2) is 18.5 Å². The molecule has 0 spiro atoms. The fourth-order valence-corrected chi connectivity index (χ4v) is 2.59. The quantitative estimate of drug-likeness (QED) is 0.881. The van der Waals surface area contributed by atoms with Crippen LogP contribution in [0.1, 0.15) is 25.3 Å². The second-order valence-electron chi connectivity index (χ2n) is 5.00. The van der Waals surface area contributed by atoms with Crippen molar-refractivity contribution in [1.82, 2.24) is 5.32 Å². The third kappa shape index (κ3) is 3.12. The second-order valence-corrected chi connectivity index (χ2v) is 5.86. The Morgan fingerprint density at radius 1 is 1.50 bits per heavy atom. The van der Waals surface area contributed by atoms with Gasteiger partial charge in [0.1, 0.15) is 0 Å². The minimum atomic E-state index is -0.0669. The molecule has 0 aliphatic carbocycles. The van der Waals surface area contributed by atoms with E-state index in [1.165, 1.54) is 0 Å². The molecule has 4 heteroatoms. The van der Waals surface area contributed by atoms with Crippen molar-refractivity contribution in [2.24, 2.45) is 5.92 Å². The summed E-state index contributed by atoms with van der Waals surface area (Å²) in [5.74, 6) is 0.471. The van der Waals surface area contributed by atoms with Crippen LogP contribution in [0.15, 0.2) is 22.7 Å². The minimum Gasteiger partial charge on any atom is -0.325 e. The number of hydrogen-bond acceptors (Lipinski definition) is 2. The van der Waals surface area contributed by atoms with Crippen LogP contribution in [0.3, 0.4) is 0 Å². The molecule has 2 atom stereocenters. The van der Waals surface area contributed by atoms with Gasteiger partial charge in [-0.3, -0.25) is 4.79 Å². The Kier molecular flexibility index (Phi) is 4.40. The topological polar surface area (TPSA) is 41.1 Å². The first-order valence-electron chi connectivity index (χ1n) is 6.38. The first-order chi connectivity index (χ1) is 8.58. The summed E-state index contributed by atoms with van der Waals surface area (Å²) in [6, 6.07) is 5.79. The normalized spacial score (nSPS) is 23.7. The molecule has 3 nitrogen and oxygen atoms in total. The summed E-state index contributed by atoms with van der Waals surface area (Å²) in [4.78, 5) is 12.2. The summed E-state index contributed by atoms with van der Waals surface area (Å²) in [7, 11) is 0. The van der Waals surface area contributed by atoms with Gasteiger partial charge in [0.15, 0.2) is 0 Å². The molecule has 1 saturated heterocycles. The maximum absolute atomic E-state index is 12.2. The smallest absolute Gasteiger partial charge is 0.241 e. The third-order valence-corrected chi connectivity index (χ3v) is 4.37. The first-order valence-corrected chi connectivity index (χ1v) is 7.17. The molecule has 2 N–H and O–H groups in total. The van der Waals surface area contributed by atoms with Crippen LogP contribution in [0.4, 0.5) is 5.69 Å². The average Bonchev–Trinajstić information content (AvgIpc) is 2.34. The Morgan fingerprint density at radius 2 is 2.28 bits per heavy atom. The summed E-state index contributed by atoms with van der Waals surface area (Å²) in [6.07, 6.45) is 2.27. The lowest BCUT2D eigenvalue weighted by molar-refractivity contribution is -0.119. The van der Waals surface area contributed by atoms with E-state index in [2.05, 4.69) is 33.5 Å². The second kappa shape index (κ2) is 5.85. The van der Waals surface area contributed by atoms with Gasteiger partial charge in [0.05, 0.1) is 6.04 Å². The molecule has 1 aromatic rings. The molecule has 1 aromatic carbocycles. The van der Waals surface area contributed by atoms with Crippen LogP contribution in [0.25, 0.3) is 0 Å². The summed E-state index contributed by atoms with van der Waals surface area (Å²) < 4.78 is 1.06. The van der Waals surface area contributed by atoms with Crippen molar-refractivity contribution in [2.75, 3.05) is 11.9 Å². The minimum absolute atomic E-state index is 0.0669. The summed E-state index contributed by atoms with van der Waals surface area (Å²) in [6.45, 7) is 5.08. The molecule has 0 radical (unpaired) electrons. The van der Waals surface area contributed by atoms with Crippen molar-refractivity contribution in [3.05, 3.63) is 28.2 Å². The largest absolute Gasteiger partial charge is 0.325 e. The van der Waals surface area contributed by atoms with E-state index < -0.39 is 0 Å². The van der Waals surface area contributed by atoms with Crippen LogP contribution in [0.2, 0.25) is 0 Å². The Balaban J connectivity index is 2.04. The fraction of sp³-hybridized carbons (Fsp3) is 0.500. The lowest BCUT2D eigenvalue weighted by Crippen LogP contribution is -2.48. The maximum atomic E-state index is 12.2. The van der Waals surface area contributed by atoms with Crippen molar-refractivity contribution < 1.29 is 4.79 Å². The molecule has 1 fully saturated rings. The van der Waals surface area contributed by atoms with Crippen molar-refractivity contribution in [3.8, 4) is 0 Å². The average molecular weight is 311 g/mol. The van der Waals surface area contributed by atoms with Gasteiger partial charge in [-0.2, -0.15) is 0 Å². The highest BCUT2D eigenvalue weighted by Gasteiger charge is 2.27. The molecule has 2 unspecified atom stereocenters. The Bertz CT molecular complexity index is 447. The lowest BCUT2D eigenvalue weighted by atomic mass is 9.92. The molecular formula is C14H19BrN2O. The number of aryl methyl sites for hydroxylation is 1. The highest BCUT2D eigenvalue weighted by atomic mass is 79.9. The number of hydrogen-bond donors (Lipinski definition) is 2. The van der Waals surface area contributed by atoms with E-state index in [1.54, 1.807) is 0 Å². The molecule has 18 heavy (non-hydrogen) atoms. The number of carbonyl (C=O) groups is 1. The zero-order valence-corrected chi connectivity index (χ0v) is 12.4. The van der Waals surface area contributed by atoms with Gasteiger partial charge < -0.3 is 10.6 Å². The third-order valence-electron chi connectivity index (χ3n) is 3.48. The Hall–Kier alpha value is -0.870. The van der Waals surface area contributed by atoms with Crippen molar-refractivity contribution in [1.29, 1.82) is 0 Å². The standard InChI is InChI=1S/C14H19BrN2O/c1-9-4-3-7-16-13(9)14(18)17-11-5-6-12(15)10(2)8-11/h5-6,8-9,13,16H,3-4,7H2,1-2H3,(H,17,18). The van der Waals surface area contributed by atoms with E-state index >= 15 is 0 Å². The number of halogens is 1. The van der Waals surface area contributed by atoms with Crippen LogP contribution in [-0.2, 0) is 4.79 Å². The van der Waals surface area contributed by atoms with E-state index in [1.807, 2.05) is 25.1 Å². The summed E-state index contributed by atoms with van der Waals surface area (Å²) in [5, 5.41) is 6.28. The molecule has 1 amide bonds. The molecule has 98 valence electrons. The number of carbonyl (C=O) groups excluding carboxylic acids is 1. The van der Waals surface area contributed by atoms with Gasteiger partial charge in [-0.25, -0.2) is 0 Å². The van der Waals surface area contributed by atoms with E-state index in [0.717, 1.165) is 35.1 Å². The van der Waals surface area contributed by atoms with Gasteiger partial charge in [-0.15, -0.1) is 0 Å². The number of piperidine rings is 1. The van der Waals surface area contributed by atoms with E-state index in [9.17, 15) is 4.79 Å². The number of nitrogens with one attached hydrogen (secondary N) is 2. The predicted octanol–water partition coefficient (Wildman–Crippen LogP) is 3.08. The molecule has 0 aromatic heterocycles. The van der Waals surface area contributed by atoms with Crippen LogP contribution < -0.4 is 10.6 Å². The van der Waals surface area contributed by atoms with Gasteiger partial charge in [0.2, 0.25) is 5.91 Å². The SMILES string of the molecule is Cc1cc(NC(=O)C2NCCCC2C)ccc1Br. The maximum Gasteiger partial charge on any atom is 0.241 e. The molecular weight excluding hydrogens is 292 g/mol. The van der Waals surface area contributed by atoms with Gasteiger partial charge in [-0.05, 0) is 56.0 Å². The molecule has 1 heterocycles. The highest BCUT2D eigenvalue weighted by Crippen LogP contribution is 2.21. The lowest BCUT2D eigenvalue weighted by Gasteiger charge is -2.29. The van der Waals surface area contributed by atoms with Crippen molar-refractivity contribution in [3.63, 3.8) is 0 Å². The number of anilines is 1. The fourth-order valence-electron chi connectivity index (χ4n) is 2.34. The van der Waals surface area contributed by atoms with E-state index in [0.29, 0.717) is 5.92 Å². The Morgan fingerprint density at radius 3 is 2.94 bits per heavy atom.